The zero-order chi connectivity index (χ0) is 20.7. The standard InChI is InChI=1S/C24H22N2O4/c27-21(26-13-5-11-24(26)10-4-12-25-23(24)29)18-8-3-7-16(14-18)19-15-17-6-1-2-9-20(17)30-22(19)28/h1-3,6-9,14-15H,4-5,10-13H2,(H,25,29). The number of carbonyl (C=O) groups is 2. The highest BCUT2D eigenvalue weighted by molar-refractivity contribution is 6.00. The number of likely N-dealkylation sites (tertiary alicyclic amines) is 1. The summed E-state index contributed by atoms with van der Waals surface area (Å²) in [4.78, 5) is 40.3. The van der Waals surface area contributed by atoms with Gasteiger partial charge in [0.1, 0.15) is 11.1 Å². The van der Waals surface area contributed by atoms with Crippen LogP contribution in [0.25, 0.3) is 22.1 Å². The van der Waals surface area contributed by atoms with Crippen molar-refractivity contribution in [2.24, 2.45) is 0 Å². The number of benzene rings is 2. The number of para-hydroxylation sites is 1. The number of fused-ring (bicyclic) bond motifs is 1. The van der Waals surface area contributed by atoms with E-state index in [4.69, 9.17) is 4.42 Å². The van der Waals surface area contributed by atoms with E-state index < -0.39 is 11.2 Å². The Morgan fingerprint density at radius 1 is 1.00 bits per heavy atom. The summed E-state index contributed by atoms with van der Waals surface area (Å²) in [5.41, 5.74) is 0.854. The first-order valence-corrected chi connectivity index (χ1v) is 10.3. The normalized spacial score (nSPS) is 21.2. The molecular formula is C24H22N2O4. The summed E-state index contributed by atoms with van der Waals surface area (Å²) < 4.78 is 5.45. The van der Waals surface area contributed by atoms with Gasteiger partial charge >= 0.3 is 5.63 Å². The van der Waals surface area contributed by atoms with Crippen LogP contribution in [0.1, 0.15) is 36.0 Å². The average molecular weight is 402 g/mol. The molecule has 2 amide bonds. The Morgan fingerprint density at radius 2 is 1.83 bits per heavy atom. The van der Waals surface area contributed by atoms with E-state index in [1.54, 1.807) is 41.3 Å². The molecule has 1 N–H and O–H groups in total. The van der Waals surface area contributed by atoms with Crippen LogP contribution >= 0.6 is 0 Å². The highest BCUT2D eigenvalue weighted by Gasteiger charge is 2.50. The number of nitrogens with one attached hydrogen (secondary N) is 1. The maximum atomic E-state index is 13.4. The summed E-state index contributed by atoms with van der Waals surface area (Å²) in [6.07, 6.45) is 3.07. The fourth-order valence-electron chi connectivity index (χ4n) is 4.77. The van der Waals surface area contributed by atoms with E-state index in [-0.39, 0.29) is 11.8 Å². The van der Waals surface area contributed by atoms with E-state index in [9.17, 15) is 14.4 Å². The Morgan fingerprint density at radius 3 is 2.70 bits per heavy atom. The Bertz CT molecular complexity index is 1220. The van der Waals surface area contributed by atoms with Crippen LogP contribution < -0.4 is 10.9 Å². The van der Waals surface area contributed by atoms with E-state index in [0.717, 1.165) is 18.2 Å². The largest absolute Gasteiger partial charge is 0.422 e. The Kier molecular flexibility index (Phi) is 4.42. The molecule has 0 bridgehead atoms. The molecule has 1 unspecified atom stereocenters. The first kappa shape index (κ1) is 18.6. The smallest absolute Gasteiger partial charge is 0.344 e. The molecule has 0 saturated carbocycles. The molecule has 2 aliphatic heterocycles. The zero-order valence-corrected chi connectivity index (χ0v) is 16.5. The van der Waals surface area contributed by atoms with Gasteiger partial charge in [0, 0.05) is 24.0 Å². The van der Waals surface area contributed by atoms with Crippen molar-refractivity contribution in [1.82, 2.24) is 10.2 Å². The van der Waals surface area contributed by atoms with Crippen molar-refractivity contribution < 1.29 is 14.0 Å². The topological polar surface area (TPSA) is 79.6 Å². The van der Waals surface area contributed by atoms with Crippen molar-refractivity contribution >= 4 is 22.8 Å². The molecule has 30 heavy (non-hydrogen) atoms. The first-order chi connectivity index (χ1) is 14.6. The van der Waals surface area contributed by atoms with Gasteiger partial charge in [-0.05, 0) is 55.5 Å². The van der Waals surface area contributed by atoms with E-state index in [1.807, 2.05) is 18.2 Å². The van der Waals surface area contributed by atoms with Crippen molar-refractivity contribution in [2.75, 3.05) is 13.1 Å². The summed E-state index contributed by atoms with van der Waals surface area (Å²) >= 11 is 0. The fourth-order valence-corrected chi connectivity index (χ4v) is 4.77. The molecule has 1 aromatic heterocycles. The number of hydrogen-bond acceptors (Lipinski definition) is 4. The number of rotatable bonds is 2. The van der Waals surface area contributed by atoms with Crippen LogP contribution in [0.2, 0.25) is 0 Å². The third kappa shape index (κ3) is 2.91. The zero-order valence-electron chi connectivity index (χ0n) is 16.5. The third-order valence-electron chi connectivity index (χ3n) is 6.27. The quantitative estimate of drug-likeness (QED) is 0.667. The van der Waals surface area contributed by atoms with Gasteiger partial charge in [-0.1, -0.05) is 30.3 Å². The lowest BCUT2D eigenvalue weighted by molar-refractivity contribution is -0.133. The van der Waals surface area contributed by atoms with Crippen molar-refractivity contribution in [1.29, 1.82) is 0 Å². The van der Waals surface area contributed by atoms with Crippen molar-refractivity contribution in [3.8, 4) is 11.1 Å². The molecule has 152 valence electrons. The number of carbonyl (C=O) groups excluding carboxylic acids is 2. The fraction of sp³-hybridized carbons (Fsp3) is 0.292. The van der Waals surface area contributed by atoms with Crippen LogP contribution in [0, 0.1) is 0 Å². The van der Waals surface area contributed by atoms with Crippen LogP contribution in [-0.4, -0.2) is 35.3 Å². The van der Waals surface area contributed by atoms with Gasteiger partial charge < -0.3 is 14.6 Å². The molecule has 5 rings (SSSR count). The Balaban J connectivity index is 1.52. The van der Waals surface area contributed by atoms with E-state index >= 15 is 0 Å². The number of amides is 2. The van der Waals surface area contributed by atoms with Gasteiger partial charge in [-0.15, -0.1) is 0 Å². The molecular weight excluding hydrogens is 380 g/mol. The minimum Gasteiger partial charge on any atom is -0.422 e. The van der Waals surface area contributed by atoms with Crippen molar-refractivity contribution in [3.63, 3.8) is 0 Å². The lowest BCUT2D eigenvalue weighted by Gasteiger charge is -2.40. The molecule has 0 radical (unpaired) electrons. The van der Waals surface area contributed by atoms with E-state index in [0.29, 0.717) is 48.2 Å². The van der Waals surface area contributed by atoms with Crippen molar-refractivity contribution in [3.05, 3.63) is 70.6 Å². The second-order valence-corrected chi connectivity index (χ2v) is 8.02. The number of nitrogens with zero attached hydrogens (tertiary/aromatic N) is 1. The van der Waals surface area contributed by atoms with Gasteiger partial charge in [0.2, 0.25) is 5.91 Å². The van der Waals surface area contributed by atoms with E-state index in [1.165, 1.54) is 0 Å². The molecule has 2 aliphatic rings. The molecule has 1 atom stereocenters. The molecule has 3 heterocycles. The second-order valence-electron chi connectivity index (χ2n) is 8.02. The maximum absolute atomic E-state index is 13.4. The minimum atomic E-state index is -0.743. The second kappa shape index (κ2) is 7.13. The molecule has 1 spiro atoms. The maximum Gasteiger partial charge on any atom is 0.344 e. The Labute approximate surface area is 173 Å². The van der Waals surface area contributed by atoms with Gasteiger partial charge in [-0.3, -0.25) is 9.59 Å². The lowest BCUT2D eigenvalue weighted by Crippen LogP contribution is -2.60. The van der Waals surface area contributed by atoms with Crippen LogP contribution in [0.5, 0.6) is 0 Å². The molecule has 3 aromatic rings. The van der Waals surface area contributed by atoms with Gasteiger partial charge in [0.25, 0.3) is 5.91 Å². The monoisotopic (exact) mass is 402 g/mol. The first-order valence-electron chi connectivity index (χ1n) is 10.3. The van der Waals surface area contributed by atoms with Crippen molar-refractivity contribution in [2.45, 2.75) is 31.2 Å². The van der Waals surface area contributed by atoms with Gasteiger partial charge in [-0.2, -0.15) is 0 Å². The van der Waals surface area contributed by atoms with Gasteiger partial charge in [0.05, 0.1) is 5.56 Å². The summed E-state index contributed by atoms with van der Waals surface area (Å²) in [6, 6.07) is 16.1. The molecule has 6 nitrogen and oxygen atoms in total. The molecule has 0 aliphatic carbocycles. The summed E-state index contributed by atoms with van der Waals surface area (Å²) in [5, 5.41) is 3.75. The average Bonchev–Trinajstić information content (AvgIpc) is 3.19. The van der Waals surface area contributed by atoms with Gasteiger partial charge in [0.15, 0.2) is 0 Å². The van der Waals surface area contributed by atoms with Crippen LogP contribution in [0.3, 0.4) is 0 Å². The predicted molar refractivity (Wildman–Crippen MR) is 113 cm³/mol. The Hall–Kier alpha value is -3.41. The molecule has 2 aromatic carbocycles. The molecule has 2 fully saturated rings. The highest BCUT2D eigenvalue weighted by atomic mass is 16.4. The van der Waals surface area contributed by atoms with Gasteiger partial charge in [-0.25, -0.2) is 4.79 Å². The number of hydrogen-bond donors (Lipinski definition) is 1. The summed E-state index contributed by atoms with van der Waals surface area (Å²) in [6.45, 7) is 1.23. The van der Waals surface area contributed by atoms with Crippen LogP contribution in [-0.2, 0) is 4.79 Å². The molecule has 6 heteroatoms. The van der Waals surface area contributed by atoms with Crippen LogP contribution in [0.15, 0.2) is 63.8 Å². The number of piperidine rings is 1. The van der Waals surface area contributed by atoms with E-state index in [2.05, 4.69) is 5.32 Å². The lowest BCUT2D eigenvalue weighted by atomic mass is 9.86. The summed E-state index contributed by atoms with van der Waals surface area (Å²) in [5.74, 6) is -0.220. The SMILES string of the molecule is O=C(c1cccc(-c2cc3ccccc3oc2=O)c1)N1CCCC12CCCNC2=O. The summed E-state index contributed by atoms with van der Waals surface area (Å²) in [7, 11) is 0. The highest BCUT2D eigenvalue weighted by Crippen LogP contribution is 2.37. The van der Waals surface area contributed by atoms with Crippen LogP contribution in [0.4, 0.5) is 0 Å². The predicted octanol–water partition coefficient (Wildman–Crippen LogP) is 3.34. The molecule has 2 saturated heterocycles. The third-order valence-corrected chi connectivity index (χ3v) is 6.27. The minimum absolute atomic E-state index is 0.0501.